The fraction of sp³-hybridized carbons (Fsp3) is 0.455. The summed E-state index contributed by atoms with van der Waals surface area (Å²) < 4.78 is 17.8. The number of hydrogen-bond acceptors (Lipinski definition) is 2. The molecule has 1 aromatic rings. The molecule has 0 aromatic heterocycles. The molecule has 4 heteroatoms. The summed E-state index contributed by atoms with van der Waals surface area (Å²) in [6.07, 6.45) is 1.58. The SMILES string of the molecule is COCC(N)CCc1ccc(F)c(Cl)c1. The van der Waals surface area contributed by atoms with Crippen molar-refractivity contribution in [3.8, 4) is 0 Å². The molecule has 84 valence electrons. The second-order valence-electron chi connectivity index (χ2n) is 3.50. The summed E-state index contributed by atoms with van der Waals surface area (Å²) in [5.41, 5.74) is 6.76. The van der Waals surface area contributed by atoms with Crippen molar-refractivity contribution in [2.24, 2.45) is 5.73 Å². The summed E-state index contributed by atoms with van der Waals surface area (Å²) in [7, 11) is 1.62. The Morgan fingerprint density at radius 1 is 1.53 bits per heavy atom. The molecular formula is C11H15ClFNO. The standard InChI is InChI=1S/C11H15ClFNO/c1-15-7-9(14)4-2-8-3-5-11(13)10(12)6-8/h3,5-6,9H,2,4,7,14H2,1H3. The van der Waals surface area contributed by atoms with Gasteiger partial charge in [0, 0.05) is 13.2 Å². The van der Waals surface area contributed by atoms with Gasteiger partial charge < -0.3 is 10.5 Å². The lowest BCUT2D eigenvalue weighted by Crippen LogP contribution is -2.26. The second kappa shape index (κ2) is 6.05. The maximum absolute atomic E-state index is 12.8. The van der Waals surface area contributed by atoms with E-state index in [2.05, 4.69) is 0 Å². The Kier molecular flexibility index (Phi) is 5.02. The quantitative estimate of drug-likeness (QED) is 0.845. The zero-order chi connectivity index (χ0) is 11.3. The molecule has 0 spiro atoms. The van der Waals surface area contributed by atoms with Gasteiger partial charge in [-0.3, -0.25) is 0 Å². The first-order valence-corrected chi connectivity index (χ1v) is 5.19. The van der Waals surface area contributed by atoms with Crippen LogP contribution < -0.4 is 5.73 Å². The Morgan fingerprint density at radius 2 is 2.27 bits per heavy atom. The van der Waals surface area contributed by atoms with E-state index in [-0.39, 0.29) is 16.9 Å². The van der Waals surface area contributed by atoms with Crippen LogP contribution in [0.5, 0.6) is 0 Å². The van der Waals surface area contributed by atoms with Crippen LogP contribution in [0, 0.1) is 5.82 Å². The zero-order valence-electron chi connectivity index (χ0n) is 8.67. The van der Waals surface area contributed by atoms with E-state index in [0.717, 1.165) is 18.4 Å². The highest BCUT2D eigenvalue weighted by atomic mass is 35.5. The maximum Gasteiger partial charge on any atom is 0.141 e. The van der Waals surface area contributed by atoms with E-state index in [1.807, 2.05) is 0 Å². The summed E-state index contributed by atoms with van der Waals surface area (Å²) >= 11 is 5.66. The molecule has 1 rings (SSSR count). The Balaban J connectivity index is 2.47. The first-order valence-electron chi connectivity index (χ1n) is 4.82. The van der Waals surface area contributed by atoms with Crippen LogP contribution in [-0.2, 0) is 11.2 Å². The van der Waals surface area contributed by atoms with Crippen LogP contribution in [0.1, 0.15) is 12.0 Å². The van der Waals surface area contributed by atoms with Gasteiger partial charge in [0.25, 0.3) is 0 Å². The van der Waals surface area contributed by atoms with Crippen LogP contribution in [0.15, 0.2) is 18.2 Å². The highest BCUT2D eigenvalue weighted by Crippen LogP contribution is 2.17. The number of rotatable bonds is 5. The third kappa shape index (κ3) is 4.16. The fourth-order valence-electron chi connectivity index (χ4n) is 1.34. The molecule has 1 atom stereocenters. The van der Waals surface area contributed by atoms with Crippen molar-refractivity contribution < 1.29 is 9.13 Å². The van der Waals surface area contributed by atoms with Gasteiger partial charge in [-0.25, -0.2) is 4.39 Å². The van der Waals surface area contributed by atoms with Gasteiger partial charge in [0.05, 0.1) is 11.6 Å². The summed E-state index contributed by atoms with van der Waals surface area (Å²) in [6.45, 7) is 0.537. The minimum Gasteiger partial charge on any atom is -0.383 e. The molecule has 0 aliphatic carbocycles. The van der Waals surface area contributed by atoms with Gasteiger partial charge in [-0.05, 0) is 30.5 Å². The molecular weight excluding hydrogens is 217 g/mol. The van der Waals surface area contributed by atoms with Crippen molar-refractivity contribution in [2.45, 2.75) is 18.9 Å². The normalized spacial score (nSPS) is 12.8. The Hall–Kier alpha value is -0.640. The molecule has 2 N–H and O–H groups in total. The monoisotopic (exact) mass is 231 g/mol. The van der Waals surface area contributed by atoms with E-state index in [4.69, 9.17) is 22.1 Å². The average Bonchev–Trinajstić information content (AvgIpc) is 2.20. The molecule has 0 aliphatic heterocycles. The summed E-state index contributed by atoms with van der Waals surface area (Å²) in [5, 5.41) is 0.160. The molecule has 0 fully saturated rings. The molecule has 1 unspecified atom stereocenters. The molecule has 1 aromatic carbocycles. The average molecular weight is 232 g/mol. The first-order chi connectivity index (χ1) is 7.13. The van der Waals surface area contributed by atoms with Crippen molar-refractivity contribution in [1.29, 1.82) is 0 Å². The fourth-order valence-corrected chi connectivity index (χ4v) is 1.55. The molecule has 0 aliphatic rings. The van der Waals surface area contributed by atoms with Crippen molar-refractivity contribution in [1.82, 2.24) is 0 Å². The van der Waals surface area contributed by atoms with E-state index >= 15 is 0 Å². The van der Waals surface area contributed by atoms with Gasteiger partial charge >= 0.3 is 0 Å². The van der Waals surface area contributed by atoms with Gasteiger partial charge in [-0.15, -0.1) is 0 Å². The highest BCUT2D eigenvalue weighted by Gasteiger charge is 2.04. The van der Waals surface area contributed by atoms with Crippen LogP contribution in [0.3, 0.4) is 0 Å². The van der Waals surface area contributed by atoms with Crippen molar-refractivity contribution >= 4 is 11.6 Å². The molecule has 0 radical (unpaired) electrons. The third-order valence-electron chi connectivity index (χ3n) is 2.17. The Bertz CT molecular complexity index is 319. The van der Waals surface area contributed by atoms with Crippen LogP contribution >= 0.6 is 11.6 Å². The van der Waals surface area contributed by atoms with Crippen LogP contribution in [0.4, 0.5) is 4.39 Å². The van der Waals surface area contributed by atoms with Crippen molar-refractivity contribution in [3.05, 3.63) is 34.6 Å². The molecule has 0 saturated heterocycles. The minimum atomic E-state index is -0.387. The smallest absolute Gasteiger partial charge is 0.141 e. The van der Waals surface area contributed by atoms with E-state index in [9.17, 15) is 4.39 Å². The lowest BCUT2D eigenvalue weighted by Gasteiger charge is -2.10. The molecule has 15 heavy (non-hydrogen) atoms. The zero-order valence-corrected chi connectivity index (χ0v) is 9.43. The lowest BCUT2D eigenvalue weighted by atomic mass is 10.1. The number of benzene rings is 1. The molecule has 0 saturated carbocycles. The van der Waals surface area contributed by atoms with Crippen molar-refractivity contribution in [2.75, 3.05) is 13.7 Å². The second-order valence-corrected chi connectivity index (χ2v) is 3.91. The molecule has 0 bridgehead atoms. The molecule has 0 amide bonds. The van der Waals surface area contributed by atoms with Crippen molar-refractivity contribution in [3.63, 3.8) is 0 Å². The molecule has 0 heterocycles. The van der Waals surface area contributed by atoms with Gasteiger partial charge in [0.2, 0.25) is 0 Å². The highest BCUT2D eigenvalue weighted by molar-refractivity contribution is 6.30. The van der Waals surface area contributed by atoms with E-state index < -0.39 is 0 Å². The summed E-state index contributed by atoms with van der Waals surface area (Å²) in [5.74, 6) is -0.387. The number of halogens is 2. The summed E-state index contributed by atoms with van der Waals surface area (Å²) in [6, 6.07) is 4.75. The number of hydrogen-bond donors (Lipinski definition) is 1. The number of nitrogens with two attached hydrogens (primary N) is 1. The largest absolute Gasteiger partial charge is 0.383 e. The van der Waals surface area contributed by atoms with Crippen LogP contribution in [-0.4, -0.2) is 19.8 Å². The predicted octanol–water partition coefficient (Wildman–Crippen LogP) is 2.39. The number of aryl methyl sites for hydroxylation is 1. The molecule has 2 nitrogen and oxygen atoms in total. The number of methoxy groups -OCH3 is 1. The topological polar surface area (TPSA) is 35.2 Å². The Labute approximate surface area is 94.2 Å². The van der Waals surface area contributed by atoms with Crippen LogP contribution in [0.25, 0.3) is 0 Å². The van der Waals surface area contributed by atoms with Crippen LogP contribution in [0.2, 0.25) is 5.02 Å². The predicted molar refractivity (Wildman–Crippen MR) is 59.6 cm³/mol. The minimum absolute atomic E-state index is 0.0128. The number of ether oxygens (including phenoxy) is 1. The lowest BCUT2D eigenvalue weighted by molar-refractivity contribution is 0.177. The van der Waals surface area contributed by atoms with Gasteiger partial charge in [-0.1, -0.05) is 17.7 Å². The maximum atomic E-state index is 12.8. The Morgan fingerprint density at radius 3 is 2.87 bits per heavy atom. The van der Waals surface area contributed by atoms with Gasteiger partial charge in [-0.2, -0.15) is 0 Å². The van der Waals surface area contributed by atoms with Gasteiger partial charge in [0.1, 0.15) is 5.82 Å². The first kappa shape index (κ1) is 12.4. The van der Waals surface area contributed by atoms with Gasteiger partial charge in [0.15, 0.2) is 0 Å². The van der Waals surface area contributed by atoms with E-state index in [1.54, 1.807) is 19.2 Å². The summed E-state index contributed by atoms with van der Waals surface area (Å²) in [4.78, 5) is 0. The third-order valence-corrected chi connectivity index (χ3v) is 2.46. The van der Waals surface area contributed by atoms with E-state index in [0.29, 0.717) is 6.61 Å². The van der Waals surface area contributed by atoms with E-state index in [1.165, 1.54) is 6.07 Å².